The fourth-order valence-electron chi connectivity index (χ4n) is 1.62. The lowest BCUT2D eigenvalue weighted by atomic mass is 10.0. The van der Waals surface area contributed by atoms with Crippen LogP contribution in [-0.2, 0) is 0 Å². The standard InChI is InChI=1S/C13H20ClNS/c1-4-12(15)13(16-9(2)3)10-6-5-7-11(14)8-10/h5-9,12-13H,4,15H2,1-3H3. The molecule has 0 spiro atoms. The summed E-state index contributed by atoms with van der Waals surface area (Å²) in [6.07, 6.45) is 0.983. The molecule has 2 unspecified atom stereocenters. The molecule has 16 heavy (non-hydrogen) atoms. The van der Waals surface area contributed by atoms with Gasteiger partial charge in [0.1, 0.15) is 0 Å². The van der Waals surface area contributed by atoms with Gasteiger partial charge in [-0.15, -0.1) is 11.8 Å². The van der Waals surface area contributed by atoms with Crippen molar-refractivity contribution in [3.8, 4) is 0 Å². The third-order valence-corrected chi connectivity index (χ3v) is 4.15. The normalized spacial score (nSPS) is 15.1. The number of rotatable bonds is 5. The number of hydrogen-bond acceptors (Lipinski definition) is 2. The zero-order chi connectivity index (χ0) is 12.1. The zero-order valence-corrected chi connectivity index (χ0v) is 11.7. The second-order valence-corrected chi connectivity index (χ2v) is 6.39. The van der Waals surface area contributed by atoms with Gasteiger partial charge in [0.2, 0.25) is 0 Å². The van der Waals surface area contributed by atoms with Crippen molar-refractivity contribution >= 4 is 23.4 Å². The molecule has 0 saturated carbocycles. The highest BCUT2D eigenvalue weighted by Crippen LogP contribution is 2.36. The molecule has 1 rings (SSSR count). The first-order valence-corrected chi connectivity index (χ1v) is 7.03. The summed E-state index contributed by atoms with van der Waals surface area (Å²) in [5, 5.41) is 1.69. The first kappa shape index (κ1) is 13.9. The Bertz CT molecular complexity index is 327. The molecule has 0 radical (unpaired) electrons. The highest BCUT2D eigenvalue weighted by molar-refractivity contribution is 8.00. The number of halogens is 1. The second kappa shape index (κ2) is 6.53. The van der Waals surface area contributed by atoms with E-state index in [0.29, 0.717) is 10.5 Å². The number of thioether (sulfide) groups is 1. The Hall–Kier alpha value is -0.180. The van der Waals surface area contributed by atoms with E-state index in [-0.39, 0.29) is 6.04 Å². The van der Waals surface area contributed by atoms with E-state index in [0.717, 1.165) is 11.4 Å². The van der Waals surface area contributed by atoms with Crippen LogP contribution in [0.5, 0.6) is 0 Å². The molecule has 1 aromatic carbocycles. The van der Waals surface area contributed by atoms with Crippen LogP contribution < -0.4 is 5.73 Å². The summed E-state index contributed by atoms with van der Waals surface area (Å²) in [5.74, 6) is 0. The largest absolute Gasteiger partial charge is 0.326 e. The van der Waals surface area contributed by atoms with Crippen LogP contribution >= 0.6 is 23.4 Å². The minimum Gasteiger partial charge on any atom is -0.326 e. The van der Waals surface area contributed by atoms with Gasteiger partial charge in [0, 0.05) is 16.3 Å². The molecule has 3 heteroatoms. The van der Waals surface area contributed by atoms with Gasteiger partial charge in [-0.1, -0.05) is 44.5 Å². The molecular formula is C13H20ClNS. The fraction of sp³-hybridized carbons (Fsp3) is 0.538. The minimum absolute atomic E-state index is 0.186. The lowest BCUT2D eigenvalue weighted by molar-refractivity contribution is 0.632. The van der Waals surface area contributed by atoms with E-state index in [1.165, 1.54) is 5.56 Å². The Kier molecular flexibility index (Phi) is 5.67. The van der Waals surface area contributed by atoms with Crippen molar-refractivity contribution in [1.82, 2.24) is 0 Å². The summed E-state index contributed by atoms with van der Waals surface area (Å²) >= 11 is 7.93. The summed E-state index contributed by atoms with van der Waals surface area (Å²) in [6, 6.07) is 8.22. The first-order chi connectivity index (χ1) is 7.54. The van der Waals surface area contributed by atoms with Crippen molar-refractivity contribution in [3.63, 3.8) is 0 Å². The molecular weight excluding hydrogens is 238 g/mol. The Balaban J connectivity index is 2.91. The van der Waals surface area contributed by atoms with Crippen molar-refractivity contribution in [2.45, 2.75) is 43.7 Å². The van der Waals surface area contributed by atoms with E-state index in [1.807, 2.05) is 30.0 Å². The molecule has 1 aromatic rings. The van der Waals surface area contributed by atoms with Crippen molar-refractivity contribution in [1.29, 1.82) is 0 Å². The maximum Gasteiger partial charge on any atom is 0.0451 e. The van der Waals surface area contributed by atoms with Crippen LogP contribution in [0.15, 0.2) is 24.3 Å². The van der Waals surface area contributed by atoms with Crippen LogP contribution in [-0.4, -0.2) is 11.3 Å². The van der Waals surface area contributed by atoms with Gasteiger partial charge in [-0.25, -0.2) is 0 Å². The van der Waals surface area contributed by atoms with Gasteiger partial charge in [0.25, 0.3) is 0 Å². The second-order valence-electron chi connectivity index (χ2n) is 4.23. The number of hydrogen-bond donors (Lipinski definition) is 1. The molecule has 2 N–H and O–H groups in total. The minimum atomic E-state index is 0.186. The number of benzene rings is 1. The maximum atomic E-state index is 6.18. The SMILES string of the molecule is CCC(N)C(SC(C)C)c1cccc(Cl)c1. The van der Waals surface area contributed by atoms with E-state index in [2.05, 4.69) is 26.8 Å². The summed E-state index contributed by atoms with van der Waals surface area (Å²) in [4.78, 5) is 0. The summed E-state index contributed by atoms with van der Waals surface area (Å²) in [6.45, 7) is 6.53. The molecule has 90 valence electrons. The van der Waals surface area contributed by atoms with E-state index in [4.69, 9.17) is 17.3 Å². The van der Waals surface area contributed by atoms with E-state index < -0.39 is 0 Å². The zero-order valence-electron chi connectivity index (χ0n) is 10.1. The molecule has 0 aromatic heterocycles. The molecule has 0 aliphatic rings. The van der Waals surface area contributed by atoms with Crippen LogP contribution in [0, 0.1) is 0 Å². The topological polar surface area (TPSA) is 26.0 Å². The first-order valence-electron chi connectivity index (χ1n) is 5.71. The predicted molar refractivity (Wildman–Crippen MR) is 75.2 cm³/mol. The molecule has 0 fully saturated rings. The molecule has 1 nitrogen and oxygen atoms in total. The molecule has 0 saturated heterocycles. The molecule has 2 atom stereocenters. The van der Waals surface area contributed by atoms with Crippen LogP contribution in [0.4, 0.5) is 0 Å². The van der Waals surface area contributed by atoms with Crippen LogP contribution in [0.1, 0.15) is 38.0 Å². The third-order valence-electron chi connectivity index (χ3n) is 2.46. The quantitative estimate of drug-likeness (QED) is 0.853. The van der Waals surface area contributed by atoms with Gasteiger partial charge in [0.15, 0.2) is 0 Å². The molecule has 0 heterocycles. The van der Waals surface area contributed by atoms with Crippen LogP contribution in [0.3, 0.4) is 0 Å². The van der Waals surface area contributed by atoms with Crippen LogP contribution in [0.25, 0.3) is 0 Å². The average Bonchev–Trinajstić information content (AvgIpc) is 2.24. The van der Waals surface area contributed by atoms with Gasteiger partial charge in [0.05, 0.1) is 0 Å². The van der Waals surface area contributed by atoms with Crippen LogP contribution in [0.2, 0.25) is 5.02 Å². The van der Waals surface area contributed by atoms with E-state index >= 15 is 0 Å². The Morgan fingerprint density at radius 1 is 1.38 bits per heavy atom. The van der Waals surface area contributed by atoms with Gasteiger partial charge < -0.3 is 5.73 Å². The monoisotopic (exact) mass is 257 g/mol. The summed E-state index contributed by atoms with van der Waals surface area (Å²) in [5.41, 5.74) is 7.42. The fourth-order valence-corrected chi connectivity index (χ4v) is 3.10. The average molecular weight is 258 g/mol. The third kappa shape index (κ3) is 4.00. The van der Waals surface area contributed by atoms with Crippen molar-refractivity contribution < 1.29 is 0 Å². The summed E-state index contributed by atoms with van der Waals surface area (Å²) in [7, 11) is 0. The Morgan fingerprint density at radius 2 is 2.06 bits per heavy atom. The van der Waals surface area contributed by atoms with E-state index in [1.54, 1.807) is 0 Å². The lowest BCUT2D eigenvalue weighted by Gasteiger charge is -2.24. The van der Waals surface area contributed by atoms with Gasteiger partial charge in [-0.05, 0) is 29.4 Å². The van der Waals surface area contributed by atoms with Crippen molar-refractivity contribution in [2.24, 2.45) is 5.73 Å². The lowest BCUT2D eigenvalue weighted by Crippen LogP contribution is -2.26. The molecule has 0 amide bonds. The van der Waals surface area contributed by atoms with Crippen molar-refractivity contribution in [2.75, 3.05) is 0 Å². The molecule has 0 bridgehead atoms. The van der Waals surface area contributed by atoms with Gasteiger partial charge in [-0.3, -0.25) is 0 Å². The Morgan fingerprint density at radius 3 is 2.56 bits per heavy atom. The summed E-state index contributed by atoms with van der Waals surface area (Å²) < 4.78 is 0. The maximum absolute atomic E-state index is 6.18. The van der Waals surface area contributed by atoms with Gasteiger partial charge >= 0.3 is 0 Å². The highest BCUT2D eigenvalue weighted by Gasteiger charge is 2.20. The predicted octanol–water partition coefficient (Wildman–Crippen LogP) is 4.26. The van der Waals surface area contributed by atoms with E-state index in [9.17, 15) is 0 Å². The number of nitrogens with two attached hydrogens (primary N) is 1. The highest BCUT2D eigenvalue weighted by atomic mass is 35.5. The van der Waals surface area contributed by atoms with Gasteiger partial charge in [-0.2, -0.15) is 0 Å². The molecule has 0 aliphatic heterocycles. The smallest absolute Gasteiger partial charge is 0.0451 e. The van der Waals surface area contributed by atoms with Crippen molar-refractivity contribution in [3.05, 3.63) is 34.9 Å². The molecule has 0 aliphatic carbocycles. The Labute approximate surface area is 108 Å².